The molecule has 0 radical (unpaired) electrons. The molecule has 5 aliphatic heterocycles. The van der Waals surface area contributed by atoms with E-state index in [4.69, 9.17) is 47.4 Å². The van der Waals surface area contributed by atoms with Crippen molar-refractivity contribution in [1.29, 1.82) is 0 Å². The van der Waals surface area contributed by atoms with E-state index in [1.54, 1.807) is 20.8 Å². The molecule has 5 heterocycles. The van der Waals surface area contributed by atoms with Gasteiger partial charge in [-0.05, 0) is 98.7 Å². The molecule has 17 N–H and O–H groups in total. The highest BCUT2D eigenvalue weighted by Gasteiger charge is 2.66. The van der Waals surface area contributed by atoms with Crippen molar-refractivity contribution in [3.8, 4) is 0 Å². The van der Waals surface area contributed by atoms with Crippen LogP contribution in [0.1, 0.15) is 107 Å². The molecule has 27 heteroatoms. The molecule has 0 spiro atoms. The van der Waals surface area contributed by atoms with Gasteiger partial charge in [0.15, 0.2) is 31.5 Å². The summed E-state index contributed by atoms with van der Waals surface area (Å²) in [4.78, 5) is 0. The second kappa shape index (κ2) is 27.3. The van der Waals surface area contributed by atoms with Crippen LogP contribution < -0.4 is 0 Å². The molecule has 34 atom stereocenters. The first-order valence-electron chi connectivity index (χ1n) is 31.5. The van der Waals surface area contributed by atoms with Crippen LogP contribution in [-0.4, -0.2) is 285 Å². The Balaban J connectivity index is 0.875. The summed E-state index contributed by atoms with van der Waals surface area (Å²) in [5.74, 6) is -0.216. The van der Waals surface area contributed by atoms with Crippen LogP contribution in [0.3, 0.4) is 0 Å². The van der Waals surface area contributed by atoms with Crippen molar-refractivity contribution >= 4 is 0 Å². The van der Waals surface area contributed by atoms with Gasteiger partial charge in [0, 0.05) is 11.3 Å². The van der Waals surface area contributed by atoms with Crippen LogP contribution in [-0.2, 0) is 47.4 Å². The summed E-state index contributed by atoms with van der Waals surface area (Å²) in [6.07, 6.45) is -27.4. The molecule has 0 aromatic carbocycles. The Hall–Kier alpha value is -1.60. The maximum Gasteiger partial charge on any atom is 0.187 e. The van der Waals surface area contributed by atoms with Gasteiger partial charge in [-0.2, -0.15) is 0 Å². The molecule has 27 nitrogen and oxygen atoms in total. The van der Waals surface area contributed by atoms with Crippen molar-refractivity contribution in [2.75, 3.05) is 33.0 Å². The molecule has 9 aliphatic rings. The fraction of sp³-hybridized carbons (Fsp3) is 0.934. The van der Waals surface area contributed by atoms with Crippen LogP contribution in [0, 0.1) is 51.2 Å². The van der Waals surface area contributed by atoms with E-state index in [1.165, 1.54) is 5.57 Å². The van der Waals surface area contributed by atoms with Crippen LogP contribution >= 0.6 is 0 Å². The van der Waals surface area contributed by atoms with Crippen molar-refractivity contribution in [2.24, 2.45) is 51.2 Å². The summed E-state index contributed by atoms with van der Waals surface area (Å²) in [6, 6.07) is 0. The van der Waals surface area contributed by atoms with Crippen LogP contribution in [0.5, 0.6) is 0 Å². The van der Waals surface area contributed by atoms with E-state index >= 15 is 0 Å². The lowest BCUT2D eigenvalue weighted by atomic mass is 9.41. The van der Waals surface area contributed by atoms with Gasteiger partial charge < -0.3 is 134 Å². The Morgan fingerprint density at radius 3 is 1.58 bits per heavy atom. The largest absolute Gasteiger partial charge is 0.394 e. The van der Waals surface area contributed by atoms with E-state index in [-0.39, 0.29) is 46.3 Å². The Morgan fingerprint density at radius 2 is 1.02 bits per heavy atom. The molecule has 0 bridgehead atoms. The van der Waals surface area contributed by atoms with Gasteiger partial charge in [0.2, 0.25) is 0 Å². The summed E-state index contributed by atoms with van der Waals surface area (Å²) in [6.45, 7) is 15.1. The molecular formula is C61H102O27. The number of fused-ring (bicyclic) bond motifs is 5. The fourth-order valence-electron chi connectivity index (χ4n) is 16.5. The predicted octanol–water partition coefficient (Wildman–Crippen LogP) is -3.33. The lowest BCUT2D eigenvalue weighted by molar-refractivity contribution is -0.380. The molecule has 5 saturated heterocycles. The lowest BCUT2D eigenvalue weighted by Gasteiger charge is -2.63. The Bertz CT molecular complexity index is 2350. The summed E-state index contributed by atoms with van der Waals surface area (Å²) < 4.78 is 59.9. The monoisotopic (exact) mass is 1270 g/mol. The molecule has 88 heavy (non-hydrogen) atoms. The maximum absolute atomic E-state index is 11.9. The first-order chi connectivity index (χ1) is 41.2. The van der Waals surface area contributed by atoms with E-state index in [0.29, 0.717) is 12.8 Å². The number of aliphatic hydroxyl groups is 17. The summed E-state index contributed by atoms with van der Waals surface area (Å²) >= 11 is 0. The molecule has 9 rings (SSSR count). The quantitative estimate of drug-likeness (QED) is 0.0530. The average Bonchev–Trinajstić information content (AvgIpc) is 2.12. The molecule has 508 valence electrons. The highest BCUT2D eigenvalue weighted by Crippen LogP contribution is 2.73. The molecule has 2 saturated carbocycles. The zero-order valence-electron chi connectivity index (χ0n) is 51.8. The van der Waals surface area contributed by atoms with Gasteiger partial charge in [-0.25, -0.2) is 0 Å². The van der Waals surface area contributed by atoms with E-state index in [9.17, 15) is 86.8 Å². The highest BCUT2D eigenvalue weighted by atomic mass is 16.8. The maximum atomic E-state index is 11.9. The number of allylic oxidation sites excluding steroid dienone is 3. The number of hydrogen-bond acceptors (Lipinski definition) is 27. The van der Waals surface area contributed by atoms with Gasteiger partial charge in [-0.15, -0.1) is 0 Å². The first-order valence-corrected chi connectivity index (χ1v) is 31.5. The van der Waals surface area contributed by atoms with Crippen molar-refractivity contribution in [1.82, 2.24) is 0 Å². The molecule has 3 unspecified atom stereocenters. The number of rotatable bonds is 20. The van der Waals surface area contributed by atoms with E-state index < -0.39 is 210 Å². The van der Waals surface area contributed by atoms with Gasteiger partial charge >= 0.3 is 0 Å². The molecular weight excluding hydrogens is 1160 g/mol. The third-order valence-electron chi connectivity index (χ3n) is 22.6. The minimum atomic E-state index is -1.91. The first kappa shape index (κ1) is 70.7. The van der Waals surface area contributed by atoms with Crippen molar-refractivity contribution < 1.29 is 134 Å². The SMILES string of the molecule is C[C@@H]1[C@@H](O)[C@H](OC[C@H]2O[C@@H](O[C@H](CC[C@@H](C)C3CC[C@@]4(C)C5CC=C6C(CC[C@H](O[C@@H]7O[C@H](CO[C@@H]8O[C@H](CO)[C@@H](O)[C@H](O)[C@H]8O)[C@@H](O)[C@H](O)[C@H]7O)C6(C)C)[C@]5(C)C=C[C@]34C)C(C)(C)O)[C@H](O[C@@H]3O[C@H](CO)[C@@H](O)[C@H](O)[C@H]3O)[C@@H](O)[C@@H]2O)O[C@H](CO)[C@H]1O. The Labute approximate surface area is 513 Å². The van der Waals surface area contributed by atoms with Gasteiger partial charge in [0.25, 0.3) is 0 Å². The second-order valence-electron chi connectivity index (χ2n) is 28.6. The van der Waals surface area contributed by atoms with Crippen LogP contribution in [0.2, 0.25) is 0 Å². The van der Waals surface area contributed by atoms with Crippen molar-refractivity contribution in [2.45, 2.75) is 272 Å². The van der Waals surface area contributed by atoms with E-state index in [1.807, 2.05) is 0 Å². The van der Waals surface area contributed by atoms with Gasteiger partial charge in [-0.1, -0.05) is 72.3 Å². The summed E-state index contributed by atoms with van der Waals surface area (Å²) in [5.41, 5.74) is -1.67. The van der Waals surface area contributed by atoms with Gasteiger partial charge in [-0.3, -0.25) is 0 Å². The second-order valence-corrected chi connectivity index (χ2v) is 28.6. The fourth-order valence-corrected chi connectivity index (χ4v) is 16.5. The molecule has 4 aliphatic carbocycles. The lowest BCUT2D eigenvalue weighted by Crippen LogP contribution is -2.65. The zero-order valence-corrected chi connectivity index (χ0v) is 51.8. The van der Waals surface area contributed by atoms with Gasteiger partial charge in [0.1, 0.15) is 110 Å². The number of ether oxygens (including phenoxy) is 10. The highest BCUT2D eigenvalue weighted by molar-refractivity contribution is 5.35. The zero-order chi connectivity index (χ0) is 64.7. The van der Waals surface area contributed by atoms with Crippen LogP contribution in [0.4, 0.5) is 0 Å². The Morgan fingerprint density at radius 1 is 0.545 bits per heavy atom. The normalized spacial score (nSPS) is 51.2. The molecule has 0 aromatic heterocycles. The molecule has 7 fully saturated rings. The smallest absolute Gasteiger partial charge is 0.187 e. The van der Waals surface area contributed by atoms with Crippen molar-refractivity contribution in [3.63, 3.8) is 0 Å². The third-order valence-corrected chi connectivity index (χ3v) is 22.6. The van der Waals surface area contributed by atoms with Crippen LogP contribution in [0.15, 0.2) is 23.8 Å². The summed E-state index contributed by atoms with van der Waals surface area (Å²) in [7, 11) is 0. The third kappa shape index (κ3) is 12.9. The summed E-state index contributed by atoms with van der Waals surface area (Å²) in [5, 5.41) is 183. The minimum absolute atomic E-state index is 0.0546. The van der Waals surface area contributed by atoms with E-state index in [0.717, 1.165) is 25.7 Å². The van der Waals surface area contributed by atoms with Crippen molar-refractivity contribution in [3.05, 3.63) is 23.8 Å². The predicted molar refractivity (Wildman–Crippen MR) is 302 cm³/mol. The number of hydrogen-bond donors (Lipinski definition) is 17. The number of aliphatic hydroxyl groups excluding tert-OH is 16. The molecule has 0 aromatic rings. The Kier molecular flexibility index (Phi) is 21.9. The standard InChI is InChI=1S/C61H102O27/c1-25(10-14-37(58(5,6)78)87-56-51(88-55-50(77)45(72)41(68)32(22-64)83-55)47(74)43(70)34(85-56)24-79-52-39(66)26(2)38(65)30(20-62)81-52)27-16-17-61(9)35-13-11-28-29(59(35,7)18-19-60(27,61)8)12-15-36(57(28,3)4)86-54-49(76)46(73)42(69)33(84-54)23-80-53-48(75)44(71)40(67)31(21-63)82-53/h11,18-19,25-27,29-56,62-78H,10,12-17,20-24H2,1-9H3/t25-,26+,27?,29?,30-,31-,32-,33-,34-,35?,36+,37-,38+,39-,40-,41-,42-,43-,44+,45+,46+,47+,48-,49-,50-,51-,52-,53-,54+,55+,56+,59+,60-,61+/m1/s1. The minimum Gasteiger partial charge on any atom is -0.394 e. The molecule has 0 amide bonds. The van der Waals surface area contributed by atoms with E-state index in [2.05, 4.69) is 59.8 Å². The topological polar surface area (TPSA) is 436 Å². The van der Waals surface area contributed by atoms with Crippen LogP contribution in [0.25, 0.3) is 0 Å². The van der Waals surface area contributed by atoms with Gasteiger partial charge in [0.05, 0.1) is 56.9 Å². The average molecular weight is 1270 g/mol.